The Hall–Kier alpha value is -3.42. The number of para-hydroxylation sites is 1. The smallest absolute Gasteiger partial charge is 0.217 e. The summed E-state index contributed by atoms with van der Waals surface area (Å²) in [7, 11) is 1.81. The van der Waals surface area contributed by atoms with E-state index in [9.17, 15) is 0 Å². The van der Waals surface area contributed by atoms with Crippen molar-refractivity contribution in [2.24, 2.45) is 7.05 Å². The summed E-state index contributed by atoms with van der Waals surface area (Å²) < 4.78 is 9.11. The van der Waals surface area contributed by atoms with Crippen molar-refractivity contribution in [2.75, 3.05) is 5.73 Å². The van der Waals surface area contributed by atoms with Crippen molar-refractivity contribution in [1.29, 1.82) is 0 Å². The Morgan fingerprint density at radius 2 is 2.00 bits per heavy atom. The summed E-state index contributed by atoms with van der Waals surface area (Å²) in [6.45, 7) is 0.258. The van der Waals surface area contributed by atoms with Crippen molar-refractivity contribution in [3.63, 3.8) is 0 Å². The lowest BCUT2D eigenvalue weighted by Crippen LogP contribution is -2.06. The zero-order valence-corrected chi connectivity index (χ0v) is 13.0. The van der Waals surface area contributed by atoms with Gasteiger partial charge in [0.25, 0.3) is 0 Å². The summed E-state index contributed by atoms with van der Waals surface area (Å²) in [6.07, 6.45) is 3.19. The lowest BCUT2D eigenvalue weighted by molar-refractivity contribution is 0.279. The molecule has 4 aromatic rings. The maximum absolute atomic E-state index is 6.12. The number of rotatable bonds is 4. The monoisotopic (exact) mass is 321 g/mol. The Labute approximate surface area is 137 Å². The van der Waals surface area contributed by atoms with Gasteiger partial charge in [-0.2, -0.15) is 15.2 Å². The highest BCUT2D eigenvalue weighted by atomic mass is 16.5. The fraction of sp³-hybridized carbons (Fsp3) is 0.125. The number of hydrogen-bond donors (Lipinski definition) is 1. The third-order valence-corrected chi connectivity index (χ3v) is 3.70. The summed E-state index contributed by atoms with van der Waals surface area (Å²) in [5.74, 6) is 1.12. The Morgan fingerprint density at radius 3 is 2.75 bits per heavy atom. The average Bonchev–Trinajstić information content (AvgIpc) is 3.20. The number of nitrogens with zero attached hydrogens (tertiary/aromatic N) is 6. The molecule has 24 heavy (non-hydrogen) atoms. The number of hydrogen-bond acceptors (Lipinski definition) is 6. The molecule has 120 valence electrons. The van der Waals surface area contributed by atoms with Crippen LogP contribution in [0.3, 0.4) is 0 Å². The predicted octanol–water partition coefficient (Wildman–Crippen LogP) is 1.71. The molecule has 8 heteroatoms. The summed E-state index contributed by atoms with van der Waals surface area (Å²) in [6, 6.07) is 11.4. The van der Waals surface area contributed by atoms with Gasteiger partial charge < -0.3 is 10.5 Å². The molecule has 8 nitrogen and oxygen atoms in total. The van der Waals surface area contributed by atoms with Gasteiger partial charge in [-0.1, -0.05) is 18.2 Å². The van der Waals surface area contributed by atoms with Crippen LogP contribution in [0.25, 0.3) is 16.7 Å². The molecule has 0 fully saturated rings. The van der Waals surface area contributed by atoms with Gasteiger partial charge in [0.15, 0.2) is 11.5 Å². The van der Waals surface area contributed by atoms with Gasteiger partial charge in [0, 0.05) is 18.8 Å². The minimum atomic E-state index is 0.258. The van der Waals surface area contributed by atoms with Crippen molar-refractivity contribution in [2.45, 2.75) is 6.61 Å². The van der Waals surface area contributed by atoms with Gasteiger partial charge >= 0.3 is 0 Å². The first kappa shape index (κ1) is 14.2. The van der Waals surface area contributed by atoms with Crippen LogP contribution >= 0.6 is 0 Å². The lowest BCUT2D eigenvalue weighted by atomic mass is 10.3. The third-order valence-electron chi connectivity index (χ3n) is 3.70. The first-order chi connectivity index (χ1) is 11.7. The van der Waals surface area contributed by atoms with E-state index in [-0.39, 0.29) is 6.61 Å². The average molecular weight is 321 g/mol. The number of ether oxygens (including phenoxy) is 1. The van der Waals surface area contributed by atoms with E-state index in [1.54, 1.807) is 28.7 Å². The van der Waals surface area contributed by atoms with E-state index in [0.29, 0.717) is 23.0 Å². The van der Waals surface area contributed by atoms with Crippen LogP contribution in [0.5, 0.6) is 5.88 Å². The van der Waals surface area contributed by atoms with Gasteiger partial charge in [-0.15, -0.1) is 0 Å². The molecule has 0 radical (unpaired) electrons. The topological polar surface area (TPSA) is 96.7 Å². The Bertz CT molecular complexity index is 990. The van der Waals surface area contributed by atoms with Crippen LogP contribution < -0.4 is 10.5 Å². The van der Waals surface area contributed by atoms with Crippen molar-refractivity contribution in [1.82, 2.24) is 29.5 Å². The zero-order valence-electron chi connectivity index (χ0n) is 13.0. The highest BCUT2D eigenvalue weighted by Crippen LogP contribution is 2.26. The molecule has 0 spiro atoms. The summed E-state index contributed by atoms with van der Waals surface area (Å²) in [5, 5.41) is 9.17. The van der Waals surface area contributed by atoms with E-state index in [1.807, 2.05) is 30.3 Å². The molecule has 3 aromatic heterocycles. The van der Waals surface area contributed by atoms with Gasteiger partial charge in [-0.3, -0.25) is 4.68 Å². The number of benzene rings is 1. The Kier molecular flexibility index (Phi) is 3.34. The van der Waals surface area contributed by atoms with Crippen LogP contribution in [0.1, 0.15) is 5.82 Å². The minimum Gasteiger partial charge on any atom is -0.469 e. The van der Waals surface area contributed by atoms with E-state index in [4.69, 9.17) is 10.5 Å². The van der Waals surface area contributed by atoms with Crippen molar-refractivity contribution in [3.8, 4) is 11.6 Å². The van der Waals surface area contributed by atoms with Gasteiger partial charge in [0.2, 0.25) is 5.88 Å². The molecule has 0 saturated carbocycles. The standard InChI is InChI=1S/C16H15N7O/c1-22-14(18-10-20-22)9-24-15-7-13(17)12-8-19-23(16(12)21-15)11-5-3-2-4-6-11/h2-8,10H,9H2,1H3,(H2,17,21). The zero-order chi connectivity index (χ0) is 16.5. The first-order valence-electron chi connectivity index (χ1n) is 7.38. The lowest BCUT2D eigenvalue weighted by Gasteiger charge is -2.08. The van der Waals surface area contributed by atoms with Crippen LogP contribution in [-0.2, 0) is 13.7 Å². The summed E-state index contributed by atoms with van der Waals surface area (Å²) in [4.78, 5) is 8.66. The van der Waals surface area contributed by atoms with E-state index in [2.05, 4.69) is 20.2 Å². The molecule has 3 heterocycles. The minimum absolute atomic E-state index is 0.258. The molecule has 2 N–H and O–H groups in total. The number of nitrogens with two attached hydrogens (primary N) is 1. The molecule has 0 aliphatic heterocycles. The number of aryl methyl sites for hydroxylation is 1. The quantitative estimate of drug-likeness (QED) is 0.614. The normalized spacial score (nSPS) is 11.0. The SMILES string of the molecule is Cn1ncnc1COc1cc(N)c2cnn(-c3ccccc3)c2n1. The Morgan fingerprint density at radius 1 is 1.17 bits per heavy atom. The second-order valence-electron chi connectivity index (χ2n) is 5.27. The fourth-order valence-corrected chi connectivity index (χ4v) is 2.42. The molecule has 0 atom stereocenters. The van der Waals surface area contributed by atoms with E-state index in [1.165, 1.54) is 6.33 Å². The molecule has 0 bridgehead atoms. The van der Waals surface area contributed by atoms with Crippen molar-refractivity contribution in [3.05, 3.63) is 54.7 Å². The molecule has 0 unspecified atom stereocenters. The van der Waals surface area contributed by atoms with Gasteiger partial charge in [0.1, 0.15) is 12.9 Å². The maximum Gasteiger partial charge on any atom is 0.217 e. The van der Waals surface area contributed by atoms with Gasteiger partial charge in [0.05, 0.1) is 17.3 Å². The number of aromatic nitrogens is 6. The largest absolute Gasteiger partial charge is 0.469 e. The second kappa shape index (κ2) is 5.65. The van der Waals surface area contributed by atoms with Gasteiger partial charge in [-0.25, -0.2) is 9.67 Å². The molecule has 1 aromatic carbocycles. The third kappa shape index (κ3) is 2.43. The Balaban J connectivity index is 1.71. The highest BCUT2D eigenvalue weighted by molar-refractivity contribution is 5.89. The van der Waals surface area contributed by atoms with Crippen molar-refractivity contribution < 1.29 is 4.74 Å². The molecule has 4 rings (SSSR count). The highest BCUT2D eigenvalue weighted by Gasteiger charge is 2.12. The van der Waals surface area contributed by atoms with E-state index < -0.39 is 0 Å². The molecular formula is C16H15N7O. The molecule has 0 saturated heterocycles. The number of anilines is 1. The molecule has 0 aliphatic carbocycles. The molecule has 0 amide bonds. The second-order valence-corrected chi connectivity index (χ2v) is 5.27. The van der Waals surface area contributed by atoms with Crippen LogP contribution in [0.2, 0.25) is 0 Å². The predicted molar refractivity (Wildman–Crippen MR) is 88.6 cm³/mol. The van der Waals surface area contributed by atoms with Crippen molar-refractivity contribution >= 4 is 16.7 Å². The van der Waals surface area contributed by atoms with Crippen LogP contribution in [0.15, 0.2) is 48.9 Å². The fourth-order valence-electron chi connectivity index (χ4n) is 2.42. The summed E-state index contributed by atoms with van der Waals surface area (Å²) in [5.41, 5.74) is 8.24. The number of fused-ring (bicyclic) bond motifs is 1. The first-order valence-corrected chi connectivity index (χ1v) is 7.38. The van der Waals surface area contributed by atoms with E-state index >= 15 is 0 Å². The van der Waals surface area contributed by atoms with Gasteiger partial charge in [-0.05, 0) is 12.1 Å². The molecular weight excluding hydrogens is 306 g/mol. The summed E-state index contributed by atoms with van der Waals surface area (Å²) >= 11 is 0. The number of nitrogen functional groups attached to an aromatic ring is 1. The van der Waals surface area contributed by atoms with E-state index in [0.717, 1.165) is 11.1 Å². The van der Waals surface area contributed by atoms with Crippen LogP contribution in [0.4, 0.5) is 5.69 Å². The number of pyridine rings is 1. The van der Waals surface area contributed by atoms with Crippen LogP contribution in [0, 0.1) is 0 Å². The van der Waals surface area contributed by atoms with Crippen LogP contribution in [-0.4, -0.2) is 29.5 Å². The maximum atomic E-state index is 6.12. The molecule has 0 aliphatic rings.